The van der Waals surface area contributed by atoms with Crippen molar-refractivity contribution in [1.29, 1.82) is 0 Å². The number of aryl methyl sites for hydroxylation is 2. The maximum Gasteiger partial charge on any atom is 0.255 e. The largest absolute Gasteiger partial charge is 0.376 e. The molecular weight excluding hydrogens is 238 g/mol. The monoisotopic (exact) mass is 255 g/mol. The highest BCUT2D eigenvalue weighted by atomic mass is 35.5. The molecule has 0 amide bonds. The molecule has 4 heteroatoms. The number of hydrogen-bond donors (Lipinski definition) is 0. The van der Waals surface area contributed by atoms with E-state index in [1.165, 1.54) is 0 Å². The third-order valence-corrected chi connectivity index (χ3v) is 3.64. The summed E-state index contributed by atoms with van der Waals surface area (Å²) in [7, 11) is 0. The molecule has 0 aromatic carbocycles. The van der Waals surface area contributed by atoms with Crippen molar-refractivity contribution in [3.63, 3.8) is 0 Å². The van der Waals surface area contributed by atoms with E-state index >= 15 is 0 Å². The van der Waals surface area contributed by atoms with Gasteiger partial charge in [0.15, 0.2) is 0 Å². The van der Waals surface area contributed by atoms with Crippen LogP contribution in [0.5, 0.6) is 0 Å². The summed E-state index contributed by atoms with van der Waals surface area (Å²) in [4.78, 5) is 12.3. The van der Waals surface area contributed by atoms with Gasteiger partial charge < -0.3 is 9.30 Å². The van der Waals surface area contributed by atoms with E-state index in [1.54, 1.807) is 4.57 Å². The topological polar surface area (TPSA) is 31.2 Å². The summed E-state index contributed by atoms with van der Waals surface area (Å²) < 4.78 is 7.37. The fourth-order valence-electron chi connectivity index (χ4n) is 2.35. The summed E-state index contributed by atoms with van der Waals surface area (Å²) in [6.45, 7) is 5.35. The fraction of sp³-hybridized carbons (Fsp3) is 0.615. The average molecular weight is 256 g/mol. The Balaban J connectivity index is 2.35. The van der Waals surface area contributed by atoms with Crippen LogP contribution >= 0.6 is 11.6 Å². The Bertz CT molecular complexity index is 461. The summed E-state index contributed by atoms with van der Waals surface area (Å²) in [6.07, 6.45) is 2.31. The van der Waals surface area contributed by atoms with E-state index in [9.17, 15) is 4.79 Å². The van der Waals surface area contributed by atoms with Gasteiger partial charge in [0, 0.05) is 17.9 Å². The molecule has 0 bridgehead atoms. The Labute approximate surface area is 106 Å². The first kappa shape index (κ1) is 12.7. The summed E-state index contributed by atoms with van der Waals surface area (Å²) in [5.74, 6) is 0.274. The molecule has 0 radical (unpaired) electrons. The molecule has 2 rings (SSSR count). The van der Waals surface area contributed by atoms with Crippen LogP contribution in [0.15, 0.2) is 10.9 Å². The van der Waals surface area contributed by atoms with Crippen LogP contribution in [-0.4, -0.2) is 17.3 Å². The van der Waals surface area contributed by atoms with Crippen LogP contribution in [0.3, 0.4) is 0 Å². The second-order valence-electron chi connectivity index (χ2n) is 4.63. The van der Waals surface area contributed by atoms with Gasteiger partial charge in [-0.1, -0.05) is 0 Å². The van der Waals surface area contributed by atoms with E-state index in [2.05, 4.69) is 0 Å². The quantitative estimate of drug-likeness (QED) is 0.777. The van der Waals surface area contributed by atoms with Crippen molar-refractivity contribution >= 4 is 11.6 Å². The van der Waals surface area contributed by atoms with Crippen molar-refractivity contribution < 1.29 is 4.74 Å². The number of aromatic nitrogens is 1. The minimum absolute atomic E-state index is 0.0352. The second kappa shape index (κ2) is 5.23. The molecule has 1 saturated heterocycles. The van der Waals surface area contributed by atoms with Gasteiger partial charge in [0.2, 0.25) is 0 Å². The zero-order valence-electron chi connectivity index (χ0n) is 10.3. The van der Waals surface area contributed by atoms with Gasteiger partial charge in [-0.2, -0.15) is 0 Å². The van der Waals surface area contributed by atoms with Crippen LogP contribution in [0.1, 0.15) is 29.7 Å². The van der Waals surface area contributed by atoms with Crippen molar-refractivity contribution in [2.45, 2.75) is 45.2 Å². The Hall–Kier alpha value is -0.800. The smallest absolute Gasteiger partial charge is 0.255 e. The maximum absolute atomic E-state index is 12.3. The van der Waals surface area contributed by atoms with Gasteiger partial charge in [-0.15, -0.1) is 11.6 Å². The average Bonchev–Trinajstić information content (AvgIpc) is 2.77. The molecule has 1 atom stereocenters. The van der Waals surface area contributed by atoms with Gasteiger partial charge in [-0.3, -0.25) is 4.79 Å². The Morgan fingerprint density at radius 3 is 2.88 bits per heavy atom. The number of pyridine rings is 1. The Morgan fingerprint density at radius 1 is 1.53 bits per heavy atom. The second-order valence-corrected chi connectivity index (χ2v) is 4.90. The number of halogens is 1. The van der Waals surface area contributed by atoms with Gasteiger partial charge in [0.25, 0.3) is 5.56 Å². The highest BCUT2D eigenvalue weighted by molar-refractivity contribution is 6.17. The SMILES string of the molecule is Cc1cc(C)n(CC2CCCO2)c(=O)c1CCl. The summed E-state index contributed by atoms with van der Waals surface area (Å²) >= 11 is 5.83. The van der Waals surface area contributed by atoms with Crippen LogP contribution in [-0.2, 0) is 17.2 Å². The molecule has 0 N–H and O–H groups in total. The first-order valence-corrected chi connectivity index (χ1v) is 6.54. The molecule has 94 valence electrons. The highest BCUT2D eigenvalue weighted by Gasteiger charge is 2.18. The van der Waals surface area contributed by atoms with Gasteiger partial charge in [0.1, 0.15) is 0 Å². The normalized spacial score (nSPS) is 19.8. The van der Waals surface area contributed by atoms with Crippen LogP contribution in [0.2, 0.25) is 0 Å². The Morgan fingerprint density at radius 2 is 2.29 bits per heavy atom. The van der Waals surface area contributed by atoms with E-state index in [0.717, 1.165) is 30.7 Å². The molecule has 0 saturated carbocycles. The van der Waals surface area contributed by atoms with Crippen molar-refractivity contribution in [2.75, 3.05) is 6.61 Å². The molecule has 1 aromatic heterocycles. The molecule has 1 unspecified atom stereocenters. The molecule has 1 aliphatic heterocycles. The van der Waals surface area contributed by atoms with Crippen LogP contribution < -0.4 is 5.56 Å². The standard InChI is InChI=1S/C13H18ClNO2/c1-9-6-10(2)15(13(16)12(9)7-14)8-11-4-3-5-17-11/h6,11H,3-5,7-8H2,1-2H3. The lowest BCUT2D eigenvalue weighted by Gasteiger charge is -2.16. The lowest BCUT2D eigenvalue weighted by atomic mass is 10.1. The fourth-order valence-corrected chi connectivity index (χ4v) is 2.68. The van der Waals surface area contributed by atoms with Gasteiger partial charge in [-0.05, 0) is 38.3 Å². The molecule has 1 fully saturated rings. The number of alkyl halides is 1. The van der Waals surface area contributed by atoms with E-state index in [0.29, 0.717) is 12.1 Å². The van der Waals surface area contributed by atoms with Crippen molar-refractivity contribution in [2.24, 2.45) is 0 Å². The molecule has 3 nitrogen and oxygen atoms in total. The lowest BCUT2D eigenvalue weighted by Crippen LogP contribution is -2.30. The van der Waals surface area contributed by atoms with E-state index in [4.69, 9.17) is 16.3 Å². The zero-order valence-corrected chi connectivity index (χ0v) is 11.1. The molecule has 1 aliphatic rings. The van der Waals surface area contributed by atoms with Crippen LogP contribution in [0.4, 0.5) is 0 Å². The summed E-state index contributed by atoms with van der Waals surface area (Å²) in [5, 5.41) is 0. The zero-order chi connectivity index (χ0) is 12.4. The van der Waals surface area contributed by atoms with Gasteiger partial charge in [-0.25, -0.2) is 0 Å². The lowest BCUT2D eigenvalue weighted by molar-refractivity contribution is 0.0956. The minimum atomic E-state index is 0.0352. The molecule has 1 aromatic rings. The predicted octanol–water partition coefficient (Wildman–Crippen LogP) is 2.38. The van der Waals surface area contributed by atoms with Crippen molar-refractivity contribution in [1.82, 2.24) is 4.57 Å². The first-order chi connectivity index (χ1) is 8.13. The number of hydrogen-bond acceptors (Lipinski definition) is 2. The maximum atomic E-state index is 12.3. The molecule has 0 spiro atoms. The minimum Gasteiger partial charge on any atom is -0.376 e. The molecule has 2 heterocycles. The van der Waals surface area contributed by atoms with Gasteiger partial charge in [0.05, 0.1) is 18.5 Å². The molecular formula is C13H18ClNO2. The van der Waals surface area contributed by atoms with Crippen LogP contribution in [0, 0.1) is 13.8 Å². The van der Waals surface area contributed by atoms with Crippen molar-refractivity contribution in [3.05, 3.63) is 33.2 Å². The van der Waals surface area contributed by atoms with Crippen LogP contribution in [0.25, 0.3) is 0 Å². The Kier molecular flexibility index (Phi) is 3.89. The third kappa shape index (κ3) is 2.55. The van der Waals surface area contributed by atoms with E-state index in [-0.39, 0.29) is 17.5 Å². The predicted molar refractivity (Wildman–Crippen MR) is 68.7 cm³/mol. The first-order valence-electron chi connectivity index (χ1n) is 6.01. The number of ether oxygens (including phenoxy) is 1. The molecule has 0 aliphatic carbocycles. The number of nitrogens with zero attached hydrogens (tertiary/aromatic N) is 1. The van der Waals surface area contributed by atoms with E-state index in [1.807, 2.05) is 19.9 Å². The van der Waals surface area contributed by atoms with Gasteiger partial charge >= 0.3 is 0 Å². The van der Waals surface area contributed by atoms with Crippen molar-refractivity contribution in [3.8, 4) is 0 Å². The highest BCUT2D eigenvalue weighted by Crippen LogP contribution is 2.15. The summed E-state index contributed by atoms with van der Waals surface area (Å²) in [6, 6.07) is 2.02. The third-order valence-electron chi connectivity index (χ3n) is 3.37. The summed E-state index contributed by atoms with van der Waals surface area (Å²) in [5.41, 5.74) is 2.70. The molecule has 17 heavy (non-hydrogen) atoms. The van der Waals surface area contributed by atoms with E-state index < -0.39 is 0 Å². The number of rotatable bonds is 3.